The molecule has 0 unspecified atom stereocenters. The second-order valence-corrected chi connectivity index (χ2v) is 10.4. The fourth-order valence-corrected chi connectivity index (χ4v) is 4.52. The highest BCUT2D eigenvalue weighted by Gasteiger charge is 2.17. The van der Waals surface area contributed by atoms with Crippen LogP contribution in [0.25, 0.3) is 28.2 Å². The summed E-state index contributed by atoms with van der Waals surface area (Å²) in [4.78, 5) is 16.8. The van der Waals surface area contributed by atoms with Gasteiger partial charge in [0.15, 0.2) is 0 Å². The van der Waals surface area contributed by atoms with Crippen molar-refractivity contribution < 1.29 is 4.79 Å². The fraction of sp³-hybridized carbons (Fsp3) is 0.233. The van der Waals surface area contributed by atoms with Gasteiger partial charge in [0, 0.05) is 29.7 Å². The van der Waals surface area contributed by atoms with Crippen molar-refractivity contribution in [3.63, 3.8) is 0 Å². The Morgan fingerprint density at radius 1 is 0.778 bits per heavy atom. The zero-order chi connectivity index (χ0) is 25.7. The third-order valence-electron chi connectivity index (χ3n) is 6.03. The molecule has 1 N–H and O–H groups in total. The van der Waals surface area contributed by atoms with E-state index >= 15 is 0 Å². The molecule has 0 saturated carbocycles. The molecule has 0 aliphatic rings. The molecular weight excluding hydrogens is 512 g/mol. The molecule has 0 saturated heterocycles. The van der Waals surface area contributed by atoms with Crippen LogP contribution in [0.2, 0.25) is 0 Å². The minimum absolute atomic E-state index is 0.0503. The summed E-state index contributed by atoms with van der Waals surface area (Å²) in [6, 6.07) is 29.2. The van der Waals surface area contributed by atoms with E-state index < -0.39 is 0 Å². The first-order chi connectivity index (χ1) is 17.3. The molecule has 6 heteroatoms. The molecule has 4 rings (SSSR count). The van der Waals surface area contributed by atoms with E-state index in [2.05, 4.69) is 110 Å². The van der Waals surface area contributed by atoms with Crippen molar-refractivity contribution in [3.8, 4) is 28.2 Å². The first-order valence-corrected chi connectivity index (χ1v) is 12.9. The Bertz CT molecular complexity index is 1310. The van der Waals surface area contributed by atoms with Crippen molar-refractivity contribution in [2.24, 2.45) is 0 Å². The molecule has 3 aromatic carbocycles. The van der Waals surface area contributed by atoms with Gasteiger partial charge in [-0.2, -0.15) is 0 Å². The Kier molecular flexibility index (Phi) is 8.41. The smallest absolute Gasteiger partial charge is 0.251 e. The third kappa shape index (κ3) is 6.13. The molecule has 4 aromatic rings. The van der Waals surface area contributed by atoms with Crippen molar-refractivity contribution in [3.05, 3.63) is 101 Å². The molecule has 0 aliphatic heterocycles. The van der Waals surface area contributed by atoms with Gasteiger partial charge in [-0.1, -0.05) is 58.4 Å². The lowest BCUT2D eigenvalue weighted by atomic mass is 10.1. The molecule has 0 radical (unpaired) electrons. The second kappa shape index (κ2) is 11.7. The van der Waals surface area contributed by atoms with E-state index in [-0.39, 0.29) is 5.91 Å². The highest BCUT2D eigenvalue weighted by Crippen LogP contribution is 2.34. The van der Waals surface area contributed by atoms with E-state index in [1.807, 2.05) is 38.4 Å². The van der Waals surface area contributed by atoms with Crippen molar-refractivity contribution >= 4 is 21.8 Å². The summed E-state index contributed by atoms with van der Waals surface area (Å²) < 4.78 is 3.38. The number of para-hydroxylation sites is 1. The second-order valence-electron chi connectivity index (χ2n) is 9.45. The maximum atomic E-state index is 12.6. The normalized spacial score (nSPS) is 11.3. The zero-order valence-corrected chi connectivity index (χ0v) is 22.9. The molecular formula is C30H33BrN4O. The predicted molar refractivity (Wildman–Crippen MR) is 153 cm³/mol. The zero-order valence-electron chi connectivity index (χ0n) is 21.3. The average molecular weight is 546 g/mol. The minimum Gasteiger partial charge on any atom is -0.351 e. The summed E-state index contributed by atoms with van der Waals surface area (Å²) in [7, 11) is 8.17. The summed E-state index contributed by atoms with van der Waals surface area (Å²) in [5, 5.41) is 2.99. The molecule has 0 spiro atoms. The number of aromatic nitrogens is 1. The molecule has 0 bridgehead atoms. The number of rotatable bonds is 9. The van der Waals surface area contributed by atoms with Gasteiger partial charge in [0.25, 0.3) is 5.91 Å². The monoisotopic (exact) mass is 544 g/mol. The number of hydrogen-bond acceptors (Lipinski definition) is 3. The molecule has 1 aromatic heterocycles. The van der Waals surface area contributed by atoms with E-state index in [1.54, 1.807) is 0 Å². The summed E-state index contributed by atoms with van der Waals surface area (Å²) >= 11 is 3.56. The summed E-state index contributed by atoms with van der Waals surface area (Å²) in [6.45, 7) is 2.26. The summed E-state index contributed by atoms with van der Waals surface area (Å²) in [5.41, 5.74) is 7.46. The number of carbonyl (C=O) groups is 1. The molecule has 0 fully saturated rings. The van der Waals surface area contributed by atoms with Gasteiger partial charge in [0.2, 0.25) is 0 Å². The van der Waals surface area contributed by atoms with Crippen LogP contribution < -0.4 is 5.32 Å². The molecule has 0 atom stereocenters. The van der Waals surface area contributed by atoms with E-state index in [1.165, 1.54) is 5.56 Å². The Hall–Kier alpha value is -3.19. The van der Waals surface area contributed by atoms with E-state index in [0.29, 0.717) is 12.1 Å². The fourth-order valence-electron chi connectivity index (χ4n) is 4.26. The number of halogens is 1. The SMILES string of the molecule is CN(C)CCNC(=O)c1ccc(-c2ccc(-c3ccc(Br)cc3)n2-c2ccccc2CN(C)C)cc1. The molecule has 1 amide bonds. The maximum absolute atomic E-state index is 12.6. The van der Waals surface area contributed by atoms with Gasteiger partial charge in [0.05, 0.1) is 17.1 Å². The number of nitrogens with one attached hydrogen (secondary N) is 1. The topological polar surface area (TPSA) is 40.5 Å². The van der Waals surface area contributed by atoms with Gasteiger partial charge >= 0.3 is 0 Å². The lowest BCUT2D eigenvalue weighted by Gasteiger charge is -2.20. The molecule has 0 aliphatic carbocycles. The van der Waals surface area contributed by atoms with Crippen LogP contribution in [0.15, 0.2) is 89.4 Å². The van der Waals surface area contributed by atoms with Gasteiger partial charge < -0.3 is 19.7 Å². The number of benzene rings is 3. The first-order valence-electron chi connectivity index (χ1n) is 12.1. The van der Waals surface area contributed by atoms with Crippen LogP contribution in [0, 0.1) is 0 Å². The van der Waals surface area contributed by atoms with Crippen LogP contribution in [-0.2, 0) is 6.54 Å². The van der Waals surface area contributed by atoms with Gasteiger partial charge in [0.1, 0.15) is 0 Å². The van der Waals surface area contributed by atoms with Crippen LogP contribution in [0.3, 0.4) is 0 Å². The molecule has 5 nitrogen and oxygen atoms in total. The molecule has 1 heterocycles. The minimum atomic E-state index is -0.0503. The van der Waals surface area contributed by atoms with E-state index in [0.717, 1.165) is 45.8 Å². The van der Waals surface area contributed by atoms with Crippen LogP contribution in [0.5, 0.6) is 0 Å². The number of carbonyl (C=O) groups excluding carboxylic acids is 1. The third-order valence-corrected chi connectivity index (χ3v) is 6.56. The number of amides is 1. The Morgan fingerprint density at radius 3 is 1.94 bits per heavy atom. The van der Waals surface area contributed by atoms with Gasteiger partial charge in [-0.05, 0) is 87.3 Å². The lowest BCUT2D eigenvalue weighted by Crippen LogP contribution is -2.31. The summed E-state index contributed by atoms with van der Waals surface area (Å²) in [5.74, 6) is -0.0503. The van der Waals surface area contributed by atoms with E-state index in [9.17, 15) is 4.79 Å². The number of nitrogens with zero attached hydrogens (tertiary/aromatic N) is 3. The van der Waals surface area contributed by atoms with Gasteiger partial charge in [-0.15, -0.1) is 0 Å². The highest BCUT2D eigenvalue weighted by atomic mass is 79.9. The van der Waals surface area contributed by atoms with Crippen molar-refractivity contribution in [2.45, 2.75) is 6.54 Å². The quantitative estimate of drug-likeness (QED) is 0.284. The van der Waals surface area contributed by atoms with Crippen molar-refractivity contribution in [1.29, 1.82) is 0 Å². The van der Waals surface area contributed by atoms with Crippen molar-refractivity contribution in [2.75, 3.05) is 41.3 Å². The van der Waals surface area contributed by atoms with Gasteiger partial charge in [-0.25, -0.2) is 0 Å². The van der Waals surface area contributed by atoms with Crippen LogP contribution in [-0.4, -0.2) is 61.6 Å². The Balaban J connectivity index is 1.76. The standard InChI is InChI=1S/C30H33BrN4O/c1-33(2)20-19-32-30(36)24-11-9-22(10-12-24)28-17-18-29(23-13-15-26(31)16-14-23)35(28)27-8-6-5-7-25(27)21-34(3)4/h5-18H,19-21H2,1-4H3,(H,32,36). The highest BCUT2D eigenvalue weighted by molar-refractivity contribution is 9.10. The number of likely N-dealkylation sites (N-methyl/N-ethyl adjacent to an activating group) is 1. The lowest BCUT2D eigenvalue weighted by molar-refractivity contribution is 0.0951. The molecule has 36 heavy (non-hydrogen) atoms. The first kappa shape index (κ1) is 25.9. The summed E-state index contributed by atoms with van der Waals surface area (Å²) in [6.07, 6.45) is 0. The largest absolute Gasteiger partial charge is 0.351 e. The number of hydrogen-bond donors (Lipinski definition) is 1. The van der Waals surface area contributed by atoms with Crippen LogP contribution in [0.1, 0.15) is 15.9 Å². The average Bonchev–Trinajstić information content (AvgIpc) is 3.29. The Labute approximate surface area is 222 Å². The van der Waals surface area contributed by atoms with E-state index in [4.69, 9.17) is 0 Å². The molecule has 186 valence electrons. The van der Waals surface area contributed by atoms with Crippen molar-refractivity contribution in [1.82, 2.24) is 19.7 Å². The maximum Gasteiger partial charge on any atom is 0.251 e. The Morgan fingerprint density at radius 2 is 1.36 bits per heavy atom. The van der Waals surface area contributed by atoms with Crippen LogP contribution in [0.4, 0.5) is 0 Å². The van der Waals surface area contributed by atoms with Gasteiger partial charge in [-0.3, -0.25) is 4.79 Å². The van der Waals surface area contributed by atoms with Crippen LogP contribution >= 0.6 is 15.9 Å². The predicted octanol–water partition coefficient (Wildman–Crippen LogP) is 5.93.